The van der Waals surface area contributed by atoms with Gasteiger partial charge in [-0.05, 0) is 56.6 Å². The number of thioether (sulfide) groups is 1. The number of likely N-dealkylation sites (N-methyl/N-ethyl adjacent to an activating group) is 1. The first-order valence-corrected chi connectivity index (χ1v) is 9.23. The van der Waals surface area contributed by atoms with Crippen LogP contribution < -0.4 is 15.5 Å². The van der Waals surface area contributed by atoms with Crippen LogP contribution in [0.4, 0.5) is 16.2 Å². The van der Waals surface area contributed by atoms with Crippen LogP contribution in [0.3, 0.4) is 0 Å². The molecule has 0 spiro atoms. The predicted octanol–water partition coefficient (Wildman–Crippen LogP) is 2.11. The molecule has 2 heterocycles. The van der Waals surface area contributed by atoms with Crippen LogP contribution in [0.25, 0.3) is 6.08 Å². The van der Waals surface area contributed by atoms with Gasteiger partial charge in [-0.3, -0.25) is 19.7 Å². The summed E-state index contributed by atoms with van der Waals surface area (Å²) in [6, 6.07) is 6.11. The van der Waals surface area contributed by atoms with Crippen molar-refractivity contribution in [2.75, 3.05) is 37.4 Å². The van der Waals surface area contributed by atoms with Gasteiger partial charge in [0.2, 0.25) is 5.91 Å². The monoisotopic (exact) mass is 374 g/mol. The number of imide groups is 1. The molecule has 7 nitrogen and oxygen atoms in total. The van der Waals surface area contributed by atoms with E-state index in [0.717, 1.165) is 42.5 Å². The lowest BCUT2D eigenvalue weighted by Gasteiger charge is -2.24. The molecule has 3 rings (SSSR count). The molecule has 2 N–H and O–H groups in total. The number of amides is 3. The van der Waals surface area contributed by atoms with Gasteiger partial charge in [0.05, 0.1) is 4.91 Å². The van der Waals surface area contributed by atoms with Gasteiger partial charge in [-0.2, -0.15) is 0 Å². The number of benzene rings is 1. The molecule has 3 amide bonds. The maximum atomic E-state index is 11.9. The second kappa shape index (κ2) is 7.51. The van der Waals surface area contributed by atoms with Gasteiger partial charge in [0.1, 0.15) is 0 Å². The highest BCUT2D eigenvalue weighted by molar-refractivity contribution is 8.18. The highest BCUT2D eigenvalue weighted by Gasteiger charge is 2.28. The second-order valence-corrected chi connectivity index (χ2v) is 7.67. The maximum absolute atomic E-state index is 11.9. The van der Waals surface area contributed by atoms with E-state index in [9.17, 15) is 14.4 Å². The van der Waals surface area contributed by atoms with Gasteiger partial charge in [0, 0.05) is 43.0 Å². The highest BCUT2D eigenvalue weighted by atomic mass is 32.2. The zero-order chi connectivity index (χ0) is 18.8. The fraction of sp³-hybridized carbons (Fsp3) is 0.389. The summed E-state index contributed by atoms with van der Waals surface area (Å²) in [5.41, 5.74) is 2.46. The molecule has 0 aromatic heterocycles. The Morgan fingerprint density at radius 1 is 1.38 bits per heavy atom. The number of hydrogen-bond acceptors (Lipinski definition) is 6. The van der Waals surface area contributed by atoms with E-state index in [2.05, 4.69) is 34.5 Å². The van der Waals surface area contributed by atoms with E-state index in [1.165, 1.54) is 6.92 Å². The molecular weight excluding hydrogens is 352 g/mol. The van der Waals surface area contributed by atoms with Gasteiger partial charge in [0.15, 0.2) is 0 Å². The molecule has 2 aliphatic rings. The van der Waals surface area contributed by atoms with E-state index in [1.807, 2.05) is 18.2 Å². The quantitative estimate of drug-likeness (QED) is 0.786. The van der Waals surface area contributed by atoms with Crippen molar-refractivity contribution in [2.45, 2.75) is 19.4 Å². The minimum Gasteiger partial charge on any atom is -0.369 e. The number of rotatable bonds is 4. The van der Waals surface area contributed by atoms with Crippen molar-refractivity contribution in [1.82, 2.24) is 10.2 Å². The molecule has 1 aromatic carbocycles. The van der Waals surface area contributed by atoms with E-state index in [4.69, 9.17) is 0 Å². The van der Waals surface area contributed by atoms with E-state index >= 15 is 0 Å². The summed E-state index contributed by atoms with van der Waals surface area (Å²) in [4.78, 5) is 39.6. The highest BCUT2D eigenvalue weighted by Crippen LogP contribution is 2.33. The van der Waals surface area contributed by atoms with Crippen molar-refractivity contribution in [3.63, 3.8) is 0 Å². The Morgan fingerprint density at radius 2 is 2.15 bits per heavy atom. The average Bonchev–Trinajstić information content (AvgIpc) is 3.14. The minimum atomic E-state index is -0.386. The van der Waals surface area contributed by atoms with Crippen molar-refractivity contribution in [2.24, 2.45) is 0 Å². The van der Waals surface area contributed by atoms with Crippen LogP contribution in [-0.4, -0.2) is 55.2 Å². The molecule has 2 fully saturated rings. The van der Waals surface area contributed by atoms with Gasteiger partial charge in [-0.25, -0.2) is 0 Å². The molecule has 138 valence electrons. The third-order valence-electron chi connectivity index (χ3n) is 4.51. The Hall–Kier alpha value is -2.32. The first kappa shape index (κ1) is 18.5. The summed E-state index contributed by atoms with van der Waals surface area (Å²) >= 11 is 0.892. The molecular formula is C18H22N4O3S. The summed E-state index contributed by atoms with van der Waals surface area (Å²) in [7, 11) is 4.14. The Labute approximate surface area is 156 Å². The van der Waals surface area contributed by atoms with Gasteiger partial charge in [0.25, 0.3) is 11.1 Å². The summed E-state index contributed by atoms with van der Waals surface area (Å²) in [5, 5.41) is 4.67. The van der Waals surface area contributed by atoms with Gasteiger partial charge in [-0.1, -0.05) is 0 Å². The van der Waals surface area contributed by atoms with Crippen LogP contribution in [0.5, 0.6) is 0 Å². The molecule has 1 unspecified atom stereocenters. The average molecular weight is 374 g/mol. The normalized spacial score (nSPS) is 21.6. The number of carbonyl (C=O) groups excluding carboxylic acids is 3. The zero-order valence-corrected chi connectivity index (χ0v) is 15.9. The molecule has 1 atom stereocenters. The van der Waals surface area contributed by atoms with Crippen LogP contribution in [0.2, 0.25) is 0 Å². The molecule has 0 bridgehead atoms. The van der Waals surface area contributed by atoms with Crippen molar-refractivity contribution >= 4 is 46.3 Å². The number of hydrogen-bond donors (Lipinski definition) is 2. The number of anilines is 2. The largest absolute Gasteiger partial charge is 0.369 e. The first-order valence-electron chi connectivity index (χ1n) is 8.41. The zero-order valence-electron chi connectivity index (χ0n) is 15.0. The summed E-state index contributed by atoms with van der Waals surface area (Å²) < 4.78 is 0. The Morgan fingerprint density at radius 3 is 2.73 bits per heavy atom. The van der Waals surface area contributed by atoms with E-state index in [0.29, 0.717) is 16.6 Å². The van der Waals surface area contributed by atoms with E-state index in [-0.39, 0.29) is 17.1 Å². The van der Waals surface area contributed by atoms with Crippen LogP contribution in [0, 0.1) is 0 Å². The van der Waals surface area contributed by atoms with Crippen LogP contribution in [-0.2, 0) is 9.59 Å². The van der Waals surface area contributed by atoms with Crippen LogP contribution in [0.15, 0.2) is 23.1 Å². The third kappa shape index (κ3) is 4.08. The van der Waals surface area contributed by atoms with E-state index < -0.39 is 0 Å². The minimum absolute atomic E-state index is 0.159. The van der Waals surface area contributed by atoms with Crippen molar-refractivity contribution < 1.29 is 14.4 Å². The van der Waals surface area contributed by atoms with Crippen LogP contribution >= 0.6 is 11.8 Å². The number of nitrogens with zero attached hydrogens (tertiary/aromatic N) is 2. The molecule has 26 heavy (non-hydrogen) atoms. The smallest absolute Gasteiger partial charge is 0.290 e. The molecule has 1 aromatic rings. The number of nitrogens with one attached hydrogen (secondary N) is 2. The van der Waals surface area contributed by atoms with Gasteiger partial charge < -0.3 is 15.1 Å². The fourth-order valence-electron chi connectivity index (χ4n) is 3.18. The maximum Gasteiger partial charge on any atom is 0.290 e. The van der Waals surface area contributed by atoms with Gasteiger partial charge in [-0.15, -0.1) is 0 Å². The Kier molecular flexibility index (Phi) is 5.33. The van der Waals surface area contributed by atoms with Crippen molar-refractivity contribution in [1.29, 1.82) is 0 Å². The lowest BCUT2D eigenvalue weighted by Crippen LogP contribution is -2.31. The standard InChI is InChI=1S/C18H22N4O3S/c1-11(23)19-13-4-5-15(22-7-6-14(10-22)21(2)3)12(8-13)9-16-17(24)20-18(25)26-16/h4-5,8-9,14H,6-7,10H2,1-3H3,(H,19,23)(H,20,24,25). The summed E-state index contributed by atoms with van der Waals surface area (Å²) in [6.45, 7) is 3.25. The Bertz CT molecular complexity index is 791. The van der Waals surface area contributed by atoms with Gasteiger partial charge >= 0.3 is 0 Å². The van der Waals surface area contributed by atoms with Crippen LogP contribution in [0.1, 0.15) is 18.9 Å². The predicted molar refractivity (Wildman–Crippen MR) is 104 cm³/mol. The first-order chi connectivity index (χ1) is 12.3. The molecule has 2 aliphatic heterocycles. The molecule has 8 heteroatoms. The lowest BCUT2D eigenvalue weighted by atomic mass is 10.1. The lowest BCUT2D eigenvalue weighted by molar-refractivity contribution is -0.115. The second-order valence-electron chi connectivity index (χ2n) is 6.66. The Balaban J connectivity index is 1.96. The SMILES string of the molecule is CC(=O)Nc1ccc(N2CCC(N(C)C)C2)c(C=C2SC(=O)NC2=O)c1. The number of carbonyl (C=O) groups is 3. The third-order valence-corrected chi connectivity index (χ3v) is 5.32. The molecule has 2 saturated heterocycles. The summed E-state index contributed by atoms with van der Waals surface area (Å²) in [6.07, 6.45) is 2.78. The summed E-state index contributed by atoms with van der Waals surface area (Å²) in [5.74, 6) is -0.545. The fourth-order valence-corrected chi connectivity index (χ4v) is 3.86. The molecule has 0 radical (unpaired) electrons. The molecule has 0 aliphatic carbocycles. The van der Waals surface area contributed by atoms with Crippen molar-refractivity contribution in [3.8, 4) is 0 Å². The topological polar surface area (TPSA) is 81.8 Å². The van der Waals surface area contributed by atoms with Crippen molar-refractivity contribution in [3.05, 3.63) is 28.7 Å². The van der Waals surface area contributed by atoms with E-state index in [1.54, 1.807) is 6.08 Å². The molecule has 0 saturated carbocycles.